The molecule has 9 nitrogen and oxygen atoms in total. The molecule has 1 unspecified atom stereocenters. The summed E-state index contributed by atoms with van der Waals surface area (Å²) < 4.78 is 13.0. The molecule has 4 aromatic rings. The third-order valence-electron chi connectivity index (χ3n) is 4.84. The minimum Gasteiger partial charge on any atom is -0.460 e. The number of carbonyl (C=O) groups is 2. The average Bonchev–Trinajstić information content (AvgIpc) is 3.42. The van der Waals surface area contributed by atoms with Gasteiger partial charge in [0.15, 0.2) is 10.2 Å². The van der Waals surface area contributed by atoms with Crippen molar-refractivity contribution >= 4 is 40.1 Å². The minimum absolute atomic E-state index is 0.121. The van der Waals surface area contributed by atoms with Crippen molar-refractivity contribution in [3.05, 3.63) is 77.6 Å². The van der Waals surface area contributed by atoms with Crippen LogP contribution in [0.4, 0.5) is 4.79 Å². The van der Waals surface area contributed by atoms with E-state index in [1.54, 1.807) is 4.52 Å². The molecule has 2 aromatic heterocycles. The molecule has 0 aliphatic carbocycles. The van der Waals surface area contributed by atoms with E-state index in [0.29, 0.717) is 21.5 Å². The molecule has 0 saturated carbocycles. The Labute approximate surface area is 217 Å². The van der Waals surface area contributed by atoms with E-state index in [0.717, 1.165) is 11.1 Å². The fraction of sp³-hybridized carbons (Fsp3) is 0.320. The van der Waals surface area contributed by atoms with Crippen LogP contribution in [0.3, 0.4) is 0 Å². The lowest BCUT2D eigenvalue weighted by atomic mass is 10.1. The van der Waals surface area contributed by atoms with Gasteiger partial charge in [-0.1, -0.05) is 83.8 Å². The first-order valence-corrected chi connectivity index (χ1v) is 13.1. The van der Waals surface area contributed by atoms with Crippen LogP contribution in [-0.2, 0) is 27.3 Å². The number of amides is 1. The highest BCUT2D eigenvalue weighted by molar-refractivity contribution is 8.01. The van der Waals surface area contributed by atoms with Gasteiger partial charge in [0, 0.05) is 6.42 Å². The van der Waals surface area contributed by atoms with Crippen LogP contribution in [0.25, 0.3) is 4.96 Å². The Morgan fingerprint density at radius 2 is 1.69 bits per heavy atom. The van der Waals surface area contributed by atoms with Gasteiger partial charge in [-0.25, -0.2) is 4.79 Å². The maximum atomic E-state index is 12.6. The summed E-state index contributed by atoms with van der Waals surface area (Å²) in [6.45, 7) is 5.65. The largest absolute Gasteiger partial charge is 0.460 e. The van der Waals surface area contributed by atoms with Crippen molar-refractivity contribution in [2.45, 2.75) is 49.8 Å². The fourth-order valence-corrected chi connectivity index (χ4v) is 4.98. The van der Waals surface area contributed by atoms with Crippen LogP contribution in [0.5, 0.6) is 0 Å². The van der Waals surface area contributed by atoms with Gasteiger partial charge in [-0.3, -0.25) is 4.79 Å². The first kappa shape index (κ1) is 25.6. The third kappa shape index (κ3) is 7.28. The van der Waals surface area contributed by atoms with Gasteiger partial charge in [0.2, 0.25) is 4.96 Å². The Hall–Kier alpha value is -3.44. The second kappa shape index (κ2) is 11.5. The first-order valence-electron chi connectivity index (χ1n) is 11.3. The van der Waals surface area contributed by atoms with Gasteiger partial charge < -0.3 is 14.8 Å². The van der Waals surface area contributed by atoms with Crippen molar-refractivity contribution in [2.75, 3.05) is 5.75 Å². The number of esters is 1. The van der Waals surface area contributed by atoms with Crippen LogP contribution in [0, 0.1) is 0 Å². The molecule has 4 rings (SSSR count). The lowest BCUT2D eigenvalue weighted by molar-refractivity contribution is -0.141. The highest BCUT2D eigenvalue weighted by Gasteiger charge is 2.26. The number of nitrogens with one attached hydrogen (secondary N) is 1. The fourth-order valence-electron chi connectivity index (χ4n) is 3.30. The molecule has 0 radical (unpaired) electrons. The second-order valence-electron chi connectivity index (χ2n) is 8.94. The van der Waals surface area contributed by atoms with Gasteiger partial charge >= 0.3 is 12.1 Å². The molecule has 0 aliphatic heterocycles. The molecule has 2 heterocycles. The Balaban J connectivity index is 1.45. The van der Waals surface area contributed by atoms with E-state index in [1.165, 1.54) is 23.1 Å². The monoisotopic (exact) mass is 525 g/mol. The van der Waals surface area contributed by atoms with Gasteiger partial charge in [0.05, 0.1) is 11.8 Å². The van der Waals surface area contributed by atoms with Crippen molar-refractivity contribution < 1.29 is 19.1 Å². The summed E-state index contributed by atoms with van der Waals surface area (Å²) in [5.41, 5.74) is 1.31. The van der Waals surface area contributed by atoms with E-state index in [-0.39, 0.29) is 18.3 Å². The maximum absolute atomic E-state index is 12.6. The van der Waals surface area contributed by atoms with Gasteiger partial charge in [-0.15, -0.1) is 15.3 Å². The summed E-state index contributed by atoms with van der Waals surface area (Å²) in [5.74, 6) is 0.272. The first-order chi connectivity index (χ1) is 17.3. The molecule has 0 spiro atoms. The quantitative estimate of drug-likeness (QED) is 0.245. The van der Waals surface area contributed by atoms with Crippen LogP contribution < -0.4 is 5.32 Å². The number of nitrogens with zero attached hydrogens (tertiary/aromatic N) is 4. The summed E-state index contributed by atoms with van der Waals surface area (Å²) in [4.78, 5) is 25.3. The van der Waals surface area contributed by atoms with Gasteiger partial charge in [0.1, 0.15) is 12.2 Å². The molecular formula is C25H27N5O4S2. The summed E-state index contributed by atoms with van der Waals surface area (Å²) in [6, 6.07) is 18.8. The lowest BCUT2D eigenvalue weighted by Crippen LogP contribution is -2.36. The molecule has 2 aromatic carbocycles. The third-order valence-corrected chi connectivity index (χ3v) is 6.84. The van der Waals surface area contributed by atoms with Crippen LogP contribution in [0.1, 0.15) is 43.8 Å². The molecule has 11 heteroatoms. The van der Waals surface area contributed by atoms with Crippen molar-refractivity contribution in [3.8, 4) is 0 Å². The Bertz CT molecular complexity index is 1300. The number of rotatable bonds is 9. The van der Waals surface area contributed by atoms with Crippen LogP contribution >= 0.6 is 23.1 Å². The van der Waals surface area contributed by atoms with Crippen LogP contribution in [0.15, 0.2) is 65.0 Å². The number of ether oxygens (including phenoxy) is 2. The van der Waals surface area contributed by atoms with E-state index in [2.05, 4.69) is 20.6 Å². The van der Waals surface area contributed by atoms with E-state index < -0.39 is 17.7 Å². The number of fused-ring (bicyclic) bond motifs is 1. The summed E-state index contributed by atoms with van der Waals surface area (Å²) in [6.07, 6.45) is -0.0710. The summed E-state index contributed by atoms with van der Waals surface area (Å²) >= 11 is 2.59. The van der Waals surface area contributed by atoms with Crippen LogP contribution in [0.2, 0.25) is 0 Å². The van der Waals surface area contributed by atoms with Crippen molar-refractivity contribution in [1.29, 1.82) is 0 Å². The number of carbonyl (C=O) groups excluding carboxylic acids is 2. The number of thioether (sulfide) groups is 1. The van der Waals surface area contributed by atoms with Gasteiger partial charge in [-0.2, -0.15) is 4.52 Å². The molecule has 0 aliphatic rings. The van der Waals surface area contributed by atoms with Crippen molar-refractivity contribution in [2.24, 2.45) is 0 Å². The predicted octanol–water partition coefficient (Wildman–Crippen LogP) is 4.83. The molecule has 0 fully saturated rings. The highest BCUT2D eigenvalue weighted by atomic mass is 32.2. The van der Waals surface area contributed by atoms with E-state index >= 15 is 0 Å². The molecule has 1 atom stereocenters. The Kier molecular flexibility index (Phi) is 8.21. The molecule has 0 saturated heterocycles. The zero-order valence-electron chi connectivity index (χ0n) is 20.2. The van der Waals surface area contributed by atoms with Gasteiger partial charge in [0.25, 0.3) is 0 Å². The smallest absolute Gasteiger partial charge is 0.408 e. The molecular weight excluding hydrogens is 498 g/mol. The van der Waals surface area contributed by atoms with Gasteiger partial charge in [-0.05, 0) is 31.9 Å². The zero-order valence-corrected chi connectivity index (χ0v) is 21.8. The second-order valence-corrected chi connectivity index (χ2v) is 11.1. The lowest BCUT2D eigenvalue weighted by Gasteiger charge is -2.22. The Morgan fingerprint density at radius 3 is 2.36 bits per heavy atom. The molecule has 188 valence electrons. The SMILES string of the molecule is CC(C)(C)OC(=O)NC(Cc1ccccc1)c1nnc2sc(SCC(=O)OCc3ccccc3)nn12. The predicted molar refractivity (Wildman–Crippen MR) is 138 cm³/mol. The van der Waals surface area contributed by atoms with Crippen molar-refractivity contribution in [3.63, 3.8) is 0 Å². The summed E-state index contributed by atoms with van der Waals surface area (Å²) in [5, 5.41) is 16.0. The topological polar surface area (TPSA) is 108 Å². The van der Waals surface area contributed by atoms with E-state index in [4.69, 9.17) is 9.47 Å². The minimum atomic E-state index is -0.638. The maximum Gasteiger partial charge on any atom is 0.408 e. The molecule has 1 amide bonds. The normalized spacial score (nSPS) is 12.3. The summed E-state index contributed by atoms with van der Waals surface area (Å²) in [7, 11) is 0. The number of benzene rings is 2. The number of hydrogen-bond donors (Lipinski definition) is 1. The van der Waals surface area contributed by atoms with E-state index in [1.807, 2.05) is 81.4 Å². The molecule has 0 bridgehead atoms. The molecule has 1 N–H and O–H groups in total. The number of alkyl carbamates (subject to hydrolysis) is 1. The van der Waals surface area contributed by atoms with E-state index in [9.17, 15) is 9.59 Å². The number of aromatic nitrogens is 4. The average molecular weight is 526 g/mol. The standard InChI is InChI=1S/C25H27N5O4S2/c1-25(2,3)34-23(32)26-19(14-17-10-6-4-7-11-17)21-27-28-22-30(21)29-24(36-22)35-16-20(31)33-15-18-12-8-5-9-13-18/h4-13,19H,14-16H2,1-3H3,(H,26,32). The molecule has 36 heavy (non-hydrogen) atoms. The zero-order chi connectivity index (χ0) is 25.5. The highest BCUT2D eigenvalue weighted by Crippen LogP contribution is 2.27. The van der Waals surface area contributed by atoms with Crippen LogP contribution in [-0.4, -0.2) is 43.2 Å². The van der Waals surface area contributed by atoms with Crippen molar-refractivity contribution in [1.82, 2.24) is 25.1 Å². The number of hydrogen-bond acceptors (Lipinski definition) is 9. The Morgan fingerprint density at radius 1 is 1.03 bits per heavy atom.